The van der Waals surface area contributed by atoms with Crippen LogP contribution in [-0.4, -0.2) is 22.4 Å². The van der Waals surface area contributed by atoms with Crippen molar-refractivity contribution in [3.05, 3.63) is 23.3 Å². The quantitative estimate of drug-likeness (QED) is 0.657. The van der Waals surface area contributed by atoms with Crippen molar-refractivity contribution in [1.82, 2.24) is 0 Å². The van der Waals surface area contributed by atoms with Gasteiger partial charge in [0.25, 0.3) is 0 Å². The topological polar surface area (TPSA) is 40.5 Å². The summed E-state index contributed by atoms with van der Waals surface area (Å²) in [5.41, 5.74) is 3.37. The first kappa shape index (κ1) is 15.9. The maximum absolute atomic E-state index is 10.6. The Hall–Kier alpha value is -0.600. The first-order valence-corrected chi connectivity index (χ1v) is 9.64. The molecule has 0 bridgehead atoms. The van der Waals surface area contributed by atoms with E-state index in [1.165, 1.54) is 30.4 Å². The van der Waals surface area contributed by atoms with Crippen molar-refractivity contribution in [2.24, 2.45) is 28.6 Å². The lowest BCUT2D eigenvalue weighted by atomic mass is 9.47. The third-order valence-corrected chi connectivity index (χ3v) is 8.29. The van der Waals surface area contributed by atoms with E-state index in [1.807, 2.05) is 0 Å². The van der Waals surface area contributed by atoms with Crippen LogP contribution in [0.3, 0.4) is 0 Å². The highest BCUT2D eigenvalue weighted by Crippen LogP contribution is 2.66. The fourth-order valence-electron chi connectivity index (χ4n) is 7.09. The Labute approximate surface area is 140 Å². The van der Waals surface area contributed by atoms with Gasteiger partial charge in [-0.05, 0) is 86.0 Å². The minimum Gasteiger partial charge on any atom is -0.389 e. The van der Waals surface area contributed by atoms with E-state index >= 15 is 0 Å². The molecule has 2 N–H and O–H groups in total. The first-order valence-electron chi connectivity index (χ1n) is 9.64. The third kappa shape index (κ3) is 2.07. The number of fused-ring (bicyclic) bond motifs is 5. The summed E-state index contributed by atoms with van der Waals surface area (Å²) in [5, 5.41) is 20.6. The van der Waals surface area contributed by atoms with Crippen molar-refractivity contribution in [1.29, 1.82) is 0 Å². The van der Waals surface area contributed by atoms with Crippen molar-refractivity contribution in [2.45, 2.75) is 77.9 Å². The minimum atomic E-state index is -0.216. The van der Waals surface area contributed by atoms with E-state index in [4.69, 9.17) is 0 Å². The normalized spacial score (nSPS) is 54.2. The number of aliphatic hydroxyl groups is 2. The van der Waals surface area contributed by atoms with Crippen LogP contribution < -0.4 is 0 Å². The summed E-state index contributed by atoms with van der Waals surface area (Å²) in [7, 11) is 0. The van der Waals surface area contributed by atoms with Crippen LogP contribution in [0.5, 0.6) is 0 Å². The van der Waals surface area contributed by atoms with Gasteiger partial charge in [0.05, 0.1) is 12.2 Å². The molecule has 7 atom stereocenters. The van der Waals surface area contributed by atoms with E-state index in [-0.39, 0.29) is 17.6 Å². The van der Waals surface area contributed by atoms with Gasteiger partial charge in [-0.3, -0.25) is 0 Å². The van der Waals surface area contributed by atoms with Gasteiger partial charge in [0, 0.05) is 0 Å². The Morgan fingerprint density at radius 1 is 1.04 bits per heavy atom. The molecule has 0 aromatic carbocycles. The number of rotatable bonds is 0. The molecule has 0 aromatic rings. The predicted molar refractivity (Wildman–Crippen MR) is 92.9 cm³/mol. The Morgan fingerprint density at radius 2 is 1.78 bits per heavy atom. The highest BCUT2D eigenvalue weighted by molar-refractivity contribution is 5.31. The molecule has 3 fully saturated rings. The zero-order valence-corrected chi connectivity index (χ0v) is 14.9. The van der Waals surface area contributed by atoms with Crippen molar-refractivity contribution in [2.75, 3.05) is 0 Å². The average molecular weight is 316 g/mol. The molecule has 4 rings (SSSR count). The lowest BCUT2D eigenvalue weighted by molar-refractivity contribution is -0.0325. The fourth-order valence-corrected chi connectivity index (χ4v) is 7.09. The summed E-state index contributed by atoms with van der Waals surface area (Å²) in [6.45, 7) is 6.98. The van der Waals surface area contributed by atoms with Crippen LogP contribution in [0.2, 0.25) is 0 Å². The molecule has 128 valence electrons. The van der Waals surface area contributed by atoms with Crippen LogP contribution in [0.1, 0.15) is 65.7 Å². The van der Waals surface area contributed by atoms with Gasteiger partial charge in [-0.2, -0.15) is 0 Å². The van der Waals surface area contributed by atoms with E-state index in [0.29, 0.717) is 11.3 Å². The smallest absolute Gasteiger partial charge is 0.0758 e. The van der Waals surface area contributed by atoms with Gasteiger partial charge < -0.3 is 10.2 Å². The van der Waals surface area contributed by atoms with Crippen LogP contribution in [0.4, 0.5) is 0 Å². The zero-order valence-electron chi connectivity index (χ0n) is 14.9. The summed E-state index contributed by atoms with van der Waals surface area (Å²) >= 11 is 0. The molecular formula is C21H32O2. The fraction of sp³-hybridized carbons (Fsp3) is 0.810. The number of allylic oxidation sites excluding steroid dienone is 2. The Balaban J connectivity index is 1.69. The van der Waals surface area contributed by atoms with E-state index in [9.17, 15) is 10.2 Å². The van der Waals surface area contributed by atoms with E-state index in [1.54, 1.807) is 0 Å². The molecule has 0 heterocycles. The summed E-state index contributed by atoms with van der Waals surface area (Å²) in [6, 6.07) is 0. The predicted octanol–water partition coefficient (Wildman–Crippen LogP) is 4.23. The molecular weight excluding hydrogens is 284 g/mol. The van der Waals surface area contributed by atoms with Crippen LogP contribution in [-0.2, 0) is 0 Å². The molecule has 0 aliphatic heterocycles. The van der Waals surface area contributed by atoms with Crippen molar-refractivity contribution < 1.29 is 10.2 Å². The van der Waals surface area contributed by atoms with Crippen LogP contribution in [0.25, 0.3) is 0 Å². The summed E-state index contributed by atoms with van der Waals surface area (Å²) in [5.74, 6) is 2.14. The van der Waals surface area contributed by atoms with Crippen molar-refractivity contribution >= 4 is 0 Å². The molecule has 1 unspecified atom stereocenters. The second-order valence-electron chi connectivity index (χ2n) is 9.08. The van der Waals surface area contributed by atoms with Gasteiger partial charge in [-0.1, -0.05) is 31.6 Å². The molecule has 2 heteroatoms. The summed E-state index contributed by atoms with van der Waals surface area (Å²) in [6.07, 6.45) is 11.9. The van der Waals surface area contributed by atoms with Gasteiger partial charge in [0.15, 0.2) is 0 Å². The Kier molecular flexibility index (Phi) is 3.59. The Morgan fingerprint density at radius 3 is 2.52 bits per heavy atom. The molecule has 23 heavy (non-hydrogen) atoms. The lowest BCUT2D eigenvalue weighted by Gasteiger charge is -2.57. The number of aliphatic hydroxyl groups excluding tert-OH is 2. The maximum Gasteiger partial charge on any atom is 0.0758 e. The molecule has 4 aliphatic carbocycles. The molecule has 0 saturated heterocycles. The molecule has 0 aromatic heterocycles. The van der Waals surface area contributed by atoms with E-state index < -0.39 is 0 Å². The standard InChI is InChI=1S/C21H32O2/c1-4-16-19(23)12-18-15-6-5-13-11-14(22)7-9-20(13,2)17(15)8-10-21(16,18)3/h4,11,14-15,17-19,22-23H,5-10,12H2,1-3H3/t14?,15-,17+,18-,19+,20+,21-/m1/s1. The first-order chi connectivity index (χ1) is 10.9. The van der Waals surface area contributed by atoms with Crippen molar-refractivity contribution in [3.63, 3.8) is 0 Å². The largest absolute Gasteiger partial charge is 0.389 e. The van der Waals surface area contributed by atoms with E-state index in [0.717, 1.165) is 37.5 Å². The highest BCUT2D eigenvalue weighted by atomic mass is 16.3. The Bertz CT molecular complexity index is 562. The number of hydrogen-bond donors (Lipinski definition) is 2. The number of hydrogen-bond acceptors (Lipinski definition) is 2. The van der Waals surface area contributed by atoms with Crippen molar-refractivity contribution in [3.8, 4) is 0 Å². The van der Waals surface area contributed by atoms with Crippen LogP contribution in [0.15, 0.2) is 23.3 Å². The van der Waals surface area contributed by atoms with Crippen LogP contribution >= 0.6 is 0 Å². The zero-order chi connectivity index (χ0) is 16.4. The molecule has 0 spiro atoms. The molecule has 2 nitrogen and oxygen atoms in total. The maximum atomic E-state index is 10.6. The van der Waals surface area contributed by atoms with Gasteiger partial charge in [-0.25, -0.2) is 0 Å². The third-order valence-electron chi connectivity index (χ3n) is 8.29. The molecule has 3 saturated carbocycles. The monoisotopic (exact) mass is 316 g/mol. The minimum absolute atomic E-state index is 0.216. The van der Waals surface area contributed by atoms with Gasteiger partial charge in [-0.15, -0.1) is 0 Å². The second-order valence-corrected chi connectivity index (χ2v) is 9.08. The highest BCUT2D eigenvalue weighted by Gasteiger charge is 2.59. The second kappa shape index (κ2) is 5.20. The molecule has 4 aliphatic rings. The SMILES string of the molecule is CC=C1[C@@H](O)C[C@@H]2[C@@H]3CCC4=CC(O)CC[C@]4(C)[C@H]3CC[C@]12C. The van der Waals surface area contributed by atoms with Gasteiger partial charge in [0.2, 0.25) is 0 Å². The summed E-state index contributed by atoms with van der Waals surface area (Å²) in [4.78, 5) is 0. The molecule has 0 radical (unpaired) electrons. The van der Waals surface area contributed by atoms with Gasteiger partial charge >= 0.3 is 0 Å². The lowest BCUT2D eigenvalue weighted by Crippen LogP contribution is -2.49. The average Bonchev–Trinajstić information content (AvgIpc) is 2.77. The van der Waals surface area contributed by atoms with Gasteiger partial charge in [0.1, 0.15) is 0 Å². The summed E-state index contributed by atoms with van der Waals surface area (Å²) < 4.78 is 0. The van der Waals surface area contributed by atoms with E-state index in [2.05, 4.69) is 32.9 Å². The van der Waals surface area contributed by atoms with Crippen LogP contribution in [0, 0.1) is 28.6 Å². The molecule has 0 amide bonds.